The van der Waals surface area contributed by atoms with Crippen molar-refractivity contribution in [2.45, 2.75) is 69.6 Å². The lowest BCUT2D eigenvalue weighted by Gasteiger charge is -2.14. The standard InChI is InChI=1S/C26H24ClN7O3.C24H20ClN7O3/c1-2-37-25(36)26(6-7-26)20-4-3-8-32-14-19(31-23(20)32)15-34-13-17(11-30-34)24(35)28-12-21-22-10-18(27)5-9-33(22)16-29-21;25-16-3-7-31-14-27-19(20(31)8-16)10-26-22(33)15-9-28-32(11-15)13-17-12-30-6-1-2-18(21(30)29-17)24(4-5-24)23(34)35/h3-5,8-11,13-14,16H,2,6-7,12,15H2,1H3,(H,28,35);1-3,6-9,11-12,14H,4-5,10,13H2,(H,26,33)(H,34,35). The molecule has 2 amide bonds. The van der Waals surface area contributed by atoms with Crippen LogP contribution < -0.4 is 10.6 Å². The Morgan fingerprint density at radius 1 is 0.653 bits per heavy atom. The van der Waals surface area contributed by atoms with Gasteiger partial charge in [0.25, 0.3) is 11.8 Å². The Morgan fingerprint density at radius 2 is 1.12 bits per heavy atom. The van der Waals surface area contributed by atoms with Crippen molar-refractivity contribution in [1.29, 1.82) is 0 Å². The molecule has 2 aliphatic carbocycles. The van der Waals surface area contributed by atoms with Gasteiger partial charge in [-0.25, -0.2) is 19.9 Å². The molecule has 0 bridgehead atoms. The highest BCUT2D eigenvalue weighted by atomic mass is 35.5. The summed E-state index contributed by atoms with van der Waals surface area (Å²) in [4.78, 5) is 68.0. The lowest BCUT2D eigenvalue weighted by molar-refractivity contribution is -0.146. The van der Waals surface area contributed by atoms with Gasteiger partial charge in [0.15, 0.2) is 0 Å². The molecule has 3 N–H and O–H groups in total. The van der Waals surface area contributed by atoms with Crippen molar-refractivity contribution in [2.24, 2.45) is 0 Å². The van der Waals surface area contributed by atoms with E-state index in [-0.39, 0.29) is 30.9 Å². The third kappa shape index (κ3) is 8.78. The molecule has 10 heterocycles. The minimum atomic E-state index is -0.839. The summed E-state index contributed by atoms with van der Waals surface area (Å²) in [5.74, 6) is -1.53. The van der Waals surface area contributed by atoms with Gasteiger partial charge in [0.2, 0.25) is 0 Å². The maximum atomic E-state index is 12.7. The van der Waals surface area contributed by atoms with Gasteiger partial charge in [0.05, 0.1) is 114 Å². The first-order chi connectivity index (χ1) is 34.9. The predicted octanol–water partition coefficient (Wildman–Crippen LogP) is 6.33. The maximum Gasteiger partial charge on any atom is 0.316 e. The van der Waals surface area contributed by atoms with Gasteiger partial charge < -0.3 is 38.1 Å². The molecule has 0 aliphatic heterocycles. The second-order valence-corrected chi connectivity index (χ2v) is 18.7. The molecule has 0 radical (unpaired) electrons. The average Bonchev–Trinajstić information content (AvgIpc) is 3.78. The van der Waals surface area contributed by atoms with Crippen molar-refractivity contribution in [3.8, 4) is 0 Å². The number of hydrogen-bond donors (Lipinski definition) is 3. The van der Waals surface area contributed by atoms with Gasteiger partial charge in [-0.1, -0.05) is 35.3 Å². The van der Waals surface area contributed by atoms with E-state index in [4.69, 9.17) is 32.9 Å². The minimum Gasteiger partial charge on any atom is -0.481 e. The number of esters is 1. The van der Waals surface area contributed by atoms with E-state index in [0.717, 1.165) is 57.7 Å². The molecule has 0 atom stereocenters. The maximum absolute atomic E-state index is 12.7. The summed E-state index contributed by atoms with van der Waals surface area (Å²) < 4.78 is 16.1. The van der Waals surface area contributed by atoms with Crippen LogP contribution in [0.15, 0.2) is 123 Å². The molecule has 10 aromatic rings. The van der Waals surface area contributed by atoms with Crippen LogP contribution in [0.5, 0.6) is 0 Å². The number of carboxylic acid groups (broad SMARTS) is 1. The number of aliphatic carboxylic acids is 1. The van der Waals surface area contributed by atoms with Crippen LogP contribution in [0.3, 0.4) is 0 Å². The molecule has 10 aromatic heterocycles. The number of nitrogens with one attached hydrogen (secondary N) is 2. The fourth-order valence-corrected chi connectivity index (χ4v) is 9.35. The van der Waals surface area contributed by atoms with E-state index in [0.29, 0.717) is 65.1 Å². The fourth-order valence-electron chi connectivity index (χ4n) is 9.03. The molecule has 0 unspecified atom stereocenters. The lowest BCUT2D eigenvalue weighted by atomic mass is 9.97. The van der Waals surface area contributed by atoms with Crippen LogP contribution in [0.1, 0.15) is 87.2 Å². The number of imidazole rings is 4. The summed E-state index contributed by atoms with van der Waals surface area (Å²) in [6.45, 7) is 3.41. The van der Waals surface area contributed by atoms with E-state index in [1.54, 1.807) is 52.6 Å². The molecule has 0 spiro atoms. The Hall–Kier alpha value is -8.36. The van der Waals surface area contributed by atoms with E-state index in [1.165, 1.54) is 12.4 Å². The number of carbonyl (C=O) groups excluding carboxylic acids is 3. The van der Waals surface area contributed by atoms with Gasteiger partial charge >= 0.3 is 11.9 Å². The number of fused-ring (bicyclic) bond motifs is 4. The lowest BCUT2D eigenvalue weighted by Crippen LogP contribution is -2.24. The molecule has 22 heteroatoms. The number of aromatic nitrogens is 12. The number of carboxylic acids is 1. The molecule has 2 aliphatic rings. The number of ether oxygens (including phenoxy) is 1. The summed E-state index contributed by atoms with van der Waals surface area (Å²) in [5.41, 5.74) is 6.98. The summed E-state index contributed by atoms with van der Waals surface area (Å²) in [6.07, 6.45) is 23.6. The van der Waals surface area contributed by atoms with Gasteiger partial charge in [-0.2, -0.15) is 10.2 Å². The quantitative estimate of drug-likeness (QED) is 0.0958. The highest BCUT2D eigenvalue weighted by molar-refractivity contribution is 6.31. The summed E-state index contributed by atoms with van der Waals surface area (Å²) >= 11 is 12.2. The first-order valence-electron chi connectivity index (χ1n) is 23.1. The van der Waals surface area contributed by atoms with Gasteiger partial charge in [0, 0.05) is 70.7 Å². The molecule has 0 aromatic carbocycles. The van der Waals surface area contributed by atoms with Crippen LogP contribution in [0.2, 0.25) is 10.0 Å². The fraction of sp³-hybridized carbons (Fsp3) is 0.240. The number of nitrogens with zero attached hydrogens (tertiary/aromatic N) is 12. The second kappa shape index (κ2) is 18.4. The molecule has 12 rings (SSSR count). The molecule has 364 valence electrons. The number of amides is 2. The van der Waals surface area contributed by atoms with E-state index in [9.17, 15) is 24.3 Å². The van der Waals surface area contributed by atoms with E-state index in [2.05, 4.69) is 35.8 Å². The van der Waals surface area contributed by atoms with Gasteiger partial charge in [-0.3, -0.25) is 28.5 Å². The van der Waals surface area contributed by atoms with Crippen molar-refractivity contribution in [1.82, 2.24) is 67.7 Å². The van der Waals surface area contributed by atoms with Crippen LogP contribution >= 0.6 is 23.2 Å². The zero-order valence-corrected chi connectivity index (χ0v) is 40.0. The van der Waals surface area contributed by atoms with Gasteiger partial charge in [-0.05, 0) is 69.0 Å². The number of pyridine rings is 4. The highest BCUT2D eigenvalue weighted by Crippen LogP contribution is 2.51. The number of carbonyl (C=O) groups is 4. The Balaban J connectivity index is 0.000000156. The molecule has 20 nitrogen and oxygen atoms in total. The van der Waals surface area contributed by atoms with Crippen molar-refractivity contribution in [3.05, 3.63) is 178 Å². The number of rotatable bonds is 15. The van der Waals surface area contributed by atoms with E-state index >= 15 is 0 Å². The smallest absolute Gasteiger partial charge is 0.316 e. The predicted molar refractivity (Wildman–Crippen MR) is 262 cm³/mol. The van der Waals surface area contributed by atoms with Crippen molar-refractivity contribution in [2.75, 3.05) is 6.61 Å². The normalized spacial score (nSPS) is 14.3. The van der Waals surface area contributed by atoms with E-state index in [1.807, 2.05) is 92.0 Å². The zero-order chi connectivity index (χ0) is 49.7. The van der Waals surface area contributed by atoms with Crippen molar-refractivity contribution >= 4 is 69.3 Å². The Kier molecular flexibility index (Phi) is 11.8. The molecule has 2 saturated carbocycles. The van der Waals surface area contributed by atoms with Crippen LogP contribution in [-0.4, -0.2) is 92.6 Å². The van der Waals surface area contributed by atoms with Gasteiger partial charge in [0.1, 0.15) is 11.3 Å². The first kappa shape index (κ1) is 46.0. The Morgan fingerprint density at radius 3 is 1.57 bits per heavy atom. The molecule has 0 saturated heterocycles. The summed E-state index contributed by atoms with van der Waals surface area (Å²) in [6, 6.07) is 14.7. The van der Waals surface area contributed by atoms with Crippen LogP contribution in [0.4, 0.5) is 0 Å². The Labute approximate surface area is 418 Å². The van der Waals surface area contributed by atoms with E-state index < -0.39 is 16.8 Å². The largest absolute Gasteiger partial charge is 0.481 e. The third-order valence-corrected chi connectivity index (χ3v) is 13.6. The molecule has 72 heavy (non-hydrogen) atoms. The monoisotopic (exact) mass is 1010 g/mol. The summed E-state index contributed by atoms with van der Waals surface area (Å²) in [7, 11) is 0. The topological polar surface area (TPSA) is 227 Å². The number of hydrogen-bond acceptors (Lipinski definition) is 11. The second-order valence-electron chi connectivity index (χ2n) is 17.8. The zero-order valence-electron chi connectivity index (χ0n) is 38.5. The number of halogens is 2. The molecular weight excluding hydrogens is 964 g/mol. The van der Waals surface area contributed by atoms with Crippen LogP contribution in [0.25, 0.3) is 22.3 Å². The first-order valence-corrected chi connectivity index (χ1v) is 23.8. The highest BCUT2D eigenvalue weighted by Gasteiger charge is 2.54. The average molecular weight is 1010 g/mol. The van der Waals surface area contributed by atoms with Crippen molar-refractivity contribution in [3.63, 3.8) is 0 Å². The van der Waals surface area contributed by atoms with Crippen molar-refractivity contribution < 1.29 is 29.0 Å². The summed E-state index contributed by atoms with van der Waals surface area (Å²) in [5, 5.41) is 25.3. The molecular formula is C50H44Cl2N14O6. The third-order valence-electron chi connectivity index (χ3n) is 13.1. The minimum absolute atomic E-state index is 0.193. The van der Waals surface area contributed by atoms with Crippen LogP contribution in [-0.2, 0) is 51.3 Å². The SMILES string of the molecule is CCOC(=O)C1(c2cccn3cc(Cn4cc(C(=O)NCc5ncn6ccc(Cl)cc56)cn4)nc23)CC1.O=C(NCc1ncn2ccc(Cl)cc12)c1cnn(Cc2cn3cccc(C4(C(=O)O)CC4)c3n2)c1. The van der Waals surface area contributed by atoms with Crippen LogP contribution in [0, 0.1) is 0 Å². The molecule has 2 fully saturated rings. The Bertz CT molecular complexity index is 3740. The van der Waals surface area contributed by atoms with Gasteiger partial charge in [-0.15, -0.1) is 0 Å².